The lowest BCUT2D eigenvalue weighted by Gasteiger charge is -2.32. The van der Waals surface area contributed by atoms with E-state index in [4.69, 9.17) is 9.47 Å². The molecule has 1 fully saturated rings. The minimum absolute atomic E-state index is 0.141. The summed E-state index contributed by atoms with van der Waals surface area (Å²) in [6, 6.07) is 6.22. The van der Waals surface area contributed by atoms with Crippen LogP contribution in [0.4, 0.5) is 4.79 Å². The molecule has 0 aromatic heterocycles. The molecule has 1 aromatic rings. The van der Waals surface area contributed by atoms with Gasteiger partial charge in [-0.25, -0.2) is 4.79 Å². The van der Waals surface area contributed by atoms with Gasteiger partial charge < -0.3 is 20.1 Å². The molecule has 23 heavy (non-hydrogen) atoms. The molecular formula is C18H26N2O3. The molecule has 1 saturated heterocycles. The van der Waals surface area contributed by atoms with E-state index in [0.717, 1.165) is 43.9 Å². The predicted molar refractivity (Wildman–Crippen MR) is 88.8 cm³/mol. The Morgan fingerprint density at radius 3 is 2.78 bits per heavy atom. The average molecular weight is 318 g/mol. The Labute approximate surface area is 137 Å². The quantitative estimate of drug-likeness (QED) is 0.880. The number of fused-ring (bicyclic) bond motifs is 2. The van der Waals surface area contributed by atoms with Gasteiger partial charge in [-0.05, 0) is 64.4 Å². The lowest BCUT2D eigenvalue weighted by atomic mass is 9.74. The number of hydrogen-bond donors (Lipinski definition) is 2. The molecule has 2 N–H and O–H groups in total. The van der Waals surface area contributed by atoms with Crippen LogP contribution in [0.25, 0.3) is 0 Å². The Hall–Kier alpha value is -1.75. The number of amides is 1. The van der Waals surface area contributed by atoms with E-state index in [0.29, 0.717) is 6.54 Å². The van der Waals surface area contributed by atoms with Crippen LogP contribution in [0.3, 0.4) is 0 Å². The van der Waals surface area contributed by atoms with Crippen molar-refractivity contribution in [3.63, 3.8) is 0 Å². The van der Waals surface area contributed by atoms with Gasteiger partial charge in [0.05, 0.1) is 6.61 Å². The molecule has 126 valence electrons. The third-order valence-corrected chi connectivity index (χ3v) is 4.52. The predicted octanol–water partition coefficient (Wildman–Crippen LogP) is 2.72. The molecule has 0 saturated carbocycles. The fourth-order valence-corrected chi connectivity index (χ4v) is 3.33. The number of alkyl carbamates (subject to hydrolysis) is 1. The highest BCUT2D eigenvalue weighted by Gasteiger charge is 2.41. The van der Waals surface area contributed by atoms with Crippen LogP contribution in [0.5, 0.6) is 5.75 Å². The van der Waals surface area contributed by atoms with Crippen LogP contribution < -0.4 is 15.4 Å². The first-order valence-corrected chi connectivity index (χ1v) is 8.32. The van der Waals surface area contributed by atoms with Crippen LogP contribution in [0.15, 0.2) is 18.2 Å². The molecule has 3 rings (SSSR count). The van der Waals surface area contributed by atoms with Gasteiger partial charge in [0.2, 0.25) is 0 Å². The van der Waals surface area contributed by atoms with E-state index in [9.17, 15) is 4.79 Å². The summed E-state index contributed by atoms with van der Waals surface area (Å²) in [6.45, 7) is 8.89. The Bertz CT molecular complexity index is 581. The van der Waals surface area contributed by atoms with Crippen LogP contribution in [0.2, 0.25) is 0 Å². The molecule has 5 heteroatoms. The number of carbonyl (C=O) groups excluding carboxylic acids is 1. The third-order valence-electron chi connectivity index (χ3n) is 4.52. The SMILES string of the molecule is CC(C)(C)OC(=O)NCc1ccc2c(c1)C1(CCNCC1)CO2. The van der Waals surface area contributed by atoms with Crippen molar-refractivity contribution in [1.82, 2.24) is 10.6 Å². The molecule has 1 spiro atoms. The van der Waals surface area contributed by atoms with Gasteiger partial charge in [0, 0.05) is 17.5 Å². The van der Waals surface area contributed by atoms with Crippen molar-refractivity contribution < 1.29 is 14.3 Å². The second-order valence-corrected chi connectivity index (χ2v) is 7.50. The molecule has 0 atom stereocenters. The Morgan fingerprint density at radius 1 is 1.35 bits per heavy atom. The number of hydrogen-bond acceptors (Lipinski definition) is 4. The zero-order valence-corrected chi connectivity index (χ0v) is 14.2. The van der Waals surface area contributed by atoms with Crippen molar-refractivity contribution in [2.45, 2.75) is 51.2 Å². The van der Waals surface area contributed by atoms with Crippen molar-refractivity contribution in [2.75, 3.05) is 19.7 Å². The summed E-state index contributed by atoms with van der Waals surface area (Å²) < 4.78 is 11.2. The first kappa shape index (κ1) is 16.1. The number of nitrogens with one attached hydrogen (secondary N) is 2. The molecular weight excluding hydrogens is 292 g/mol. The lowest BCUT2D eigenvalue weighted by molar-refractivity contribution is 0.0523. The molecule has 2 aliphatic rings. The van der Waals surface area contributed by atoms with Gasteiger partial charge in [-0.3, -0.25) is 0 Å². The van der Waals surface area contributed by atoms with Gasteiger partial charge >= 0.3 is 6.09 Å². The summed E-state index contributed by atoms with van der Waals surface area (Å²) in [6.07, 6.45) is 1.82. The molecule has 0 aliphatic carbocycles. The minimum atomic E-state index is -0.477. The van der Waals surface area contributed by atoms with Crippen molar-refractivity contribution in [3.8, 4) is 5.75 Å². The van der Waals surface area contributed by atoms with Crippen LogP contribution >= 0.6 is 0 Å². The second kappa shape index (κ2) is 6.04. The average Bonchev–Trinajstić information content (AvgIpc) is 2.83. The maximum Gasteiger partial charge on any atom is 0.407 e. The second-order valence-electron chi connectivity index (χ2n) is 7.50. The minimum Gasteiger partial charge on any atom is -0.492 e. The first-order valence-electron chi connectivity index (χ1n) is 8.32. The molecule has 5 nitrogen and oxygen atoms in total. The van der Waals surface area contributed by atoms with Crippen LogP contribution in [-0.4, -0.2) is 31.4 Å². The van der Waals surface area contributed by atoms with Crippen molar-refractivity contribution >= 4 is 6.09 Å². The van der Waals surface area contributed by atoms with E-state index < -0.39 is 5.60 Å². The number of rotatable bonds is 2. The maximum absolute atomic E-state index is 11.8. The summed E-state index contributed by atoms with van der Waals surface area (Å²) in [5.74, 6) is 0.993. The molecule has 2 aliphatic heterocycles. The summed E-state index contributed by atoms with van der Waals surface area (Å²) in [5.41, 5.74) is 2.04. The van der Waals surface area contributed by atoms with Crippen molar-refractivity contribution in [3.05, 3.63) is 29.3 Å². The number of carbonyl (C=O) groups is 1. The number of piperidine rings is 1. The molecule has 1 amide bonds. The Morgan fingerprint density at radius 2 is 2.09 bits per heavy atom. The van der Waals surface area contributed by atoms with Gasteiger partial charge in [0.15, 0.2) is 0 Å². The smallest absolute Gasteiger partial charge is 0.407 e. The van der Waals surface area contributed by atoms with E-state index in [1.54, 1.807) is 0 Å². The summed E-state index contributed by atoms with van der Waals surface area (Å²) in [7, 11) is 0. The molecule has 0 radical (unpaired) electrons. The van der Waals surface area contributed by atoms with Crippen LogP contribution in [0.1, 0.15) is 44.7 Å². The van der Waals surface area contributed by atoms with E-state index in [2.05, 4.69) is 16.7 Å². The van der Waals surface area contributed by atoms with E-state index in [1.165, 1.54) is 5.56 Å². The van der Waals surface area contributed by atoms with Gasteiger partial charge in [-0.1, -0.05) is 6.07 Å². The normalized spacial score (nSPS) is 19.1. The fraction of sp³-hybridized carbons (Fsp3) is 0.611. The van der Waals surface area contributed by atoms with Gasteiger partial charge in [-0.2, -0.15) is 0 Å². The van der Waals surface area contributed by atoms with Crippen molar-refractivity contribution in [1.29, 1.82) is 0 Å². The van der Waals surface area contributed by atoms with Crippen molar-refractivity contribution in [2.24, 2.45) is 0 Å². The van der Waals surface area contributed by atoms with Crippen LogP contribution in [-0.2, 0) is 16.7 Å². The molecule has 1 aromatic carbocycles. The topological polar surface area (TPSA) is 59.6 Å². The lowest BCUT2D eigenvalue weighted by Crippen LogP contribution is -2.41. The standard InChI is InChI=1S/C18H26N2O3/c1-17(2,3)23-16(21)20-11-13-4-5-15-14(10-13)18(12-22-15)6-8-19-9-7-18/h4-5,10,19H,6-9,11-12H2,1-3H3,(H,20,21). The third kappa shape index (κ3) is 3.61. The summed E-state index contributed by atoms with van der Waals surface area (Å²) >= 11 is 0. The largest absolute Gasteiger partial charge is 0.492 e. The summed E-state index contributed by atoms with van der Waals surface area (Å²) in [5, 5.41) is 6.24. The molecule has 2 heterocycles. The Balaban J connectivity index is 1.69. The maximum atomic E-state index is 11.8. The van der Waals surface area contributed by atoms with E-state index in [1.807, 2.05) is 32.9 Å². The first-order chi connectivity index (χ1) is 10.9. The zero-order valence-electron chi connectivity index (χ0n) is 14.2. The van der Waals surface area contributed by atoms with E-state index in [-0.39, 0.29) is 11.5 Å². The highest BCUT2D eigenvalue weighted by molar-refractivity contribution is 5.67. The summed E-state index contributed by atoms with van der Waals surface area (Å²) in [4.78, 5) is 11.8. The van der Waals surface area contributed by atoms with Gasteiger partial charge in [0.25, 0.3) is 0 Å². The molecule has 0 bridgehead atoms. The Kier molecular flexibility index (Phi) is 4.23. The van der Waals surface area contributed by atoms with Gasteiger partial charge in [-0.15, -0.1) is 0 Å². The van der Waals surface area contributed by atoms with Gasteiger partial charge in [0.1, 0.15) is 11.4 Å². The fourth-order valence-electron chi connectivity index (χ4n) is 3.33. The van der Waals surface area contributed by atoms with Crippen LogP contribution in [0, 0.1) is 0 Å². The monoisotopic (exact) mass is 318 g/mol. The zero-order chi connectivity index (χ0) is 16.5. The molecule has 0 unspecified atom stereocenters. The highest BCUT2D eigenvalue weighted by Crippen LogP contribution is 2.44. The number of benzene rings is 1. The highest BCUT2D eigenvalue weighted by atomic mass is 16.6. The van der Waals surface area contributed by atoms with E-state index >= 15 is 0 Å². The number of ether oxygens (including phenoxy) is 2.